The predicted molar refractivity (Wildman–Crippen MR) is 87.6 cm³/mol. The lowest BCUT2D eigenvalue weighted by molar-refractivity contribution is -0.114. The van der Waals surface area contributed by atoms with Crippen molar-refractivity contribution >= 4 is 17.4 Å². The Morgan fingerprint density at radius 2 is 1.83 bits per heavy atom. The van der Waals surface area contributed by atoms with Crippen molar-refractivity contribution in [1.29, 1.82) is 0 Å². The van der Waals surface area contributed by atoms with Crippen LogP contribution in [0.5, 0.6) is 0 Å². The SMILES string of the molecule is CC(C)(O)c1cn(CCCCN2C(=O)C(=O)c3ccccc32)nn1. The summed E-state index contributed by atoms with van der Waals surface area (Å²) in [7, 11) is 0. The molecule has 2 heterocycles. The summed E-state index contributed by atoms with van der Waals surface area (Å²) in [5.41, 5.74) is 0.688. The summed E-state index contributed by atoms with van der Waals surface area (Å²) in [5, 5.41) is 17.8. The van der Waals surface area contributed by atoms with E-state index in [2.05, 4.69) is 10.3 Å². The average molecular weight is 328 g/mol. The van der Waals surface area contributed by atoms with Gasteiger partial charge < -0.3 is 10.0 Å². The topological polar surface area (TPSA) is 88.3 Å². The molecule has 7 nitrogen and oxygen atoms in total. The fourth-order valence-electron chi connectivity index (χ4n) is 2.70. The minimum Gasteiger partial charge on any atom is -0.384 e. The first-order valence-corrected chi connectivity index (χ1v) is 7.96. The van der Waals surface area contributed by atoms with Gasteiger partial charge in [-0.1, -0.05) is 17.3 Å². The Morgan fingerprint density at radius 1 is 1.12 bits per heavy atom. The van der Waals surface area contributed by atoms with Gasteiger partial charge in [-0.2, -0.15) is 0 Å². The van der Waals surface area contributed by atoms with Crippen molar-refractivity contribution in [3.63, 3.8) is 0 Å². The second kappa shape index (κ2) is 6.16. The van der Waals surface area contributed by atoms with Crippen LogP contribution in [0.25, 0.3) is 0 Å². The molecule has 0 saturated carbocycles. The molecule has 3 rings (SSSR count). The number of nitrogens with zero attached hydrogens (tertiary/aromatic N) is 4. The van der Waals surface area contributed by atoms with Gasteiger partial charge in [0.25, 0.3) is 11.7 Å². The zero-order valence-electron chi connectivity index (χ0n) is 13.8. The number of aryl methyl sites for hydroxylation is 1. The van der Waals surface area contributed by atoms with Crippen molar-refractivity contribution in [2.45, 2.75) is 38.8 Å². The molecule has 1 aromatic heterocycles. The molecule has 0 bridgehead atoms. The van der Waals surface area contributed by atoms with Crippen LogP contribution >= 0.6 is 0 Å². The molecule has 7 heteroatoms. The number of aromatic nitrogens is 3. The number of fused-ring (bicyclic) bond motifs is 1. The minimum atomic E-state index is -1.01. The van der Waals surface area contributed by atoms with Crippen LogP contribution in [0.1, 0.15) is 42.7 Å². The minimum absolute atomic E-state index is 0.434. The Kier molecular flexibility index (Phi) is 4.19. The number of hydrogen-bond acceptors (Lipinski definition) is 5. The monoisotopic (exact) mass is 328 g/mol. The van der Waals surface area contributed by atoms with Crippen LogP contribution in [0.15, 0.2) is 30.5 Å². The molecule has 0 fully saturated rings. The van der Waals surface area contributed by atoms with Gasteiger partial charge in [0.15, 0.2) is 0 Å². The van der Waals surface area contributed by atoms with E-state index in [-0.39, 0.29) is 0 Å². The first-order chi connectivity index (χ1) is 11.4. The Bertz CT molecular complexity index is 776. The van der Waals surface area contributed by atoms with Gasteiger partial charge in [0, 0.05) is 13.1 Å². The van der Waals surface area contributed by atoms with Crippen molar-refractivity contribution in [2.75, 3.05) is 11.4 Å². The third-order valence-corrected chi connectivity index (χ3v) is 4.06. The Labute approximate surface area is 139 Å². The van der Waals surface area contributed by atoms with E-state index in [0.717, 1.165) is 12.8 Å². The van der Waals surface area contributed by atoms with Crippen molar-refractivity contribution < 1.29 is 14.7 Å². The first-order valence-electron chi connectivity index (χ1n) is 7.96. The molecular weight excluding hydrogens is 308 g/mol. The Balaban J connectivity index is 1.55. The molecule has 1 aliphatic heterocycles. The largest absolute Gasteiger partial charge is 0.384 e. The van der Waals surface area contributed by atoms with Gasteiger partial charge >= 0.3 is 0 Å². The number of amides is 1. The third kappa shape index (κ3) is 3.07. The quantitative estimate of drug-likeness (QED) is 0.641. The van der Waals surface area contributed by atoms with Crippen LogP contribution in [0, 0.1) is 0 Å². The van der Waals surface area contributed by atoms with Gasteiger partial charge in [0.2, 0.25) is 0 Å². The van der Waals surface area contributed by atoms with Crippen LogP contribution in [0.2, 0.25) is 0 Å². The zero-order valence-corrected chi connectivity index (χ0v) is 13.8. The molecule has 24 heavy (non-hydrogen) atoms. The normalized spacial score (nSPS) is 14.4. The molecular formula is C17H20N4O3. The van der Waals surface area contributed by atoms with Gasteiger partial charge in [0.1, 0.15) is 11.3 Å². The van der Waals surface area contributed by atoms with Gasteiger partial charge in [0.05, 0.1) is 17.4 Å². The van der Waals surface area contributed by atoms with Gasteiger partial charge in [-0.3, -0.25) is 14.3 Å². The molecule has 0 spiro atoms. The highest BCUT2D eigenvalue weighted by Gasteiger charge is 2.34. The maximum atomic E-state index is 12.1. The summed E-state index contributed by atoms with van der Waals surface area (Å²) >= 11 is 0. The highest BCUT2D eigenvalue weighted by molar-refractivity contribution is 6.52. The predicted octanol–water partition coefficient (Wildman–Crippen LogP) is 1.52. The van der Waals surface area contributed by atoms with E-state index in [1.165, 1.54) is 0 Å². The summed E-state index contributed by atoms with van der Waals surface area (Å²) in [6, 6.07) is 7.07. The van der Waals surface area contributed by atoms with E-state index in [4.69, 9.17) is 0 Å². The fraction of sp³-hybridized carbons (Fsp3) is 0.412. The summed E-state index contributed by atoms with van der Waals surface area (Å²) in [4.78, 5) is 25.5. The summed E-state index contributed by atoms with van der Waals surface area (Å²) in [6.07, 6.45) is 3.25. The number of Topliss-reactive ketones (excluding diaryl/α,β-unsaturated/α-hetero) is 1. The molecule has 0 aliphatic carbocycles. The number of carbonyl (C=O) groups is 2. The number of benzene rings is 1. The van der Waals surface area contributed by atoms with E-state index in [1.807, 2.05) is 6.07 Å². The van der Waals surface area contributed by atoms with E-state index in [9.17, 15) is 14.7 Å². The number of hydrogen-bond donors (Lipinski definition) is 1. The molecule has 0 atom stereocenters. The van der Waals surface area contributed by atoms with Crippen molar-refractivity contribution in [2.24, 2.45) is 0 Å². The molecule has 1 aromatic carbocycles. The molecule has 126 valence electrons. The lowest BCUT2D eigenvalue weighted by atomic mass is 10.1. The standard InChI is InChI=1S/C17H20N4O3/c1-17(2,24)14-11-20(19-18-14)9-5-6-10-21-13-8-4-3-7-12(13)15(22)16(21)23/h3-4,7-8,11,24H,5-6,9-10H2,1-2H3. The van der Waals surface area contributed by atoms with Crippen LogP contribution in [-0.4, -0.2) is 38.3 Å². The van der Waals surface area contributed by atoms with E-state index in [1.54, 1.807) is 47.8 Å². The molecule has 1 aliphatic rings. The number of ketones is 1. The molecule has 0 radical (unpaired) electrons. The van der Waals surface area contributed by atoms with Gasteiger partial charge in [-0.15, -0.1) is 5.10 Å². The van der Waals surface area contributed by atoms with Crippen molar-refractivity contribution in [3.05, 3.63) is 41.7 Å². The van der Waals surface area contributed by atoms with E-state index >= 15 is 0 Å². The molecule has 0 unspecified atom stereocenters. The number of aliphatic hydroxyl groups is 1. The summed E-state index contributed by atoms with van der Waals surface area (Å²) in [6.45, 7) is 4.46. The molecule has 1 N–H and O–H groups in total. The second-order valence-corrected chi connectivity index (χ2v) is 6.44. The van der Waals surface area contributed by atoms with Crippen LogP contribution < -0.4 is 4.90 Å². The highest BCUT2D eigenvalue weighted by atomic mass is 16.3. The maximum absolute atomic E-state index is 12.1. The first kappa shape index (κ1) is 16.3. The Hall–Kier alpha value is -2.54. The zero-order chi connectivity index (χ0) is 17.3. The van der Waals surface area contributed by atoms with Crippen molar-refractivity contribution in [3.8, 4) is 0 Å². The maximum Gasteiger partial charge on any atom is 0.299 e. The van der Waals surface area contributed by atoms with Crippen LogP contribution in [-0.2, 0) is 16.9 Å². The van der Waals surface area contributed by atoms with Crippen molar-refractivity contribution in [1.82, 2.24) is 15.0 Å². The molecule has 2 aromatic rings. The van der Waals surface area contributed by atoms with Gasteiger partial charge in [-0.05, 0) is 38.8 Å². The number of rotatable bonds is 6. The second-order valence-electron chi connectivity index (χ2n) is 6.44. The lowest BCUT2D eigenvalue weighted by Gasteiger charge is -2.16. The highest BCUT2D eigenvalue weighted by Crippen LogP contribution is 2.28. The summed E-state index contributed by atoms with van der Waals surface area (Å²) < 4.78 is 1.68. The molecule has 1 amide bonds. The Morgan fingerprint density at radius 3 is 2.54 bits per heavy atom. The number of unbranched alkanes of at least 4 members (excludes halogenated alkanes) is 1. The van der Waals surface area contributed by atoms with E-state index < -0.39 is 17.3 Å². The fourth-order valence-corrected chi connectivity index (χ4v) is 2.70. The smallest absolute Gasteiger partial charge is 0.299 e. The average Bonchev–Trinajstić information content (AvgIpc) is 3.10. The lowest BCUT2D eigenvalue weighted by Crippen LogP contribution is -2.30. The molecule has 0 saturated heterocycles. The number of anilines is 1. The summed E-state index contributed by atoms with van der Waals surface area (Å²) in [5.74, 6) is -0.891. The van der Waals surface area contributed by atoms with Gasteiger partial charge in [-0.25, -0.2) is 0 Å². The van der Waals surface area contributed by atoms with Crippen LogP contribution in [0.4, 0.5) is 5.69 Å². The van der Waals surface area contributed by atoms with E-state index in [0.29, 0.717) is 30.0 Å². The third-order valence-electron chi connectivity index (χ3n) is 4.06. The van der Waals surface area contributed by atoms with Crippen LogP contribution in [0.3, 0.4) is 0 Å². The number of carbonyl (C=O) groups excluding carboxylic acids is 2. The number of para-hydroxylation sites is 1.